The van der Waals surface area contributed by atoms with Crippen LogP contribution in [0.5, 0.6) is 0 Å². The lowest BCUT2D eigenvalue weighted by Gasteiger charge is -2.44. The molecule has 0 bridgehead atoms. The van der Waals surface area contributed by atoms with Crippen molar-refractivity contribution >= 4 is 11.8 Å². The number of hydrogen-bond acceptors (Lipinski definition) is 3. The zero-order valence-corrected chi connectivity index (χ0v) is 12.5. The zero-order valence-electron chi connectivity index (χ0n) is 12.5. The second-order valence-corrected chi connectivity index (χ2v) is 6.03. The molecule has 2 fully saturated rings. The van der Waals surface area contributed by atoms with Gasteiger partial charge in [0, 0.05) is 19.0 Å². The maximum absolute atomic E-state index is 12.6. The summed E-state index contributed by atoms with van der Waals surface area (Å²) < 4.78 is 5.33. The Kier molecular flexibility index (Phi) is 3.99. The summed E-state index contributed by atoms with van der Waals surface area (Å²) in [6, 6.07) is 3.66. The van der Waals surface area contributed by atoms with Gasteiger partial charge in [0.2, 0.25) is 11.8 Å². The van der Waals surface area contributed by atoms with Gasteiger partial charge < -0.3 is 14.2 Å². The number of carbonyl (C=O) groups is 2. The normalized spacial score (nSPS) is 24.1. The van der Waals surface area contributed by atoms with Gasteiger partial charge in [-0.1, -0.05) is 0 Å². The average Bonchev–Trinajstić information content (AvgIpc) is 3.02. The predicted molar refractivity (Wildman–Crippen MR) is 77.6 cm³/mol. The molecule has 3 rings (SSSR count). The van der Waals surface area contributed by atoms with E-state index < -0.39 is 0 Å². The van der Waals surface area contributed by atoms with Crippen molar-refractivity contribution in [3.8, 4) is 0 Å². The summed E-state index contributed by atoms with van der Waals surface area (Å²) in [4.78, 5) is 28.4. The molecule has 2 aliphatic rings. The number of piperidine rings is 1. The van der Waals surface area contributed by atoms with Crippen molar-refractivity contribution in [1.29, 1.82) is 0 Å². The van der Waals surface area contributed by atoms with Crippen LogP contribution in [0.2, 0.25) is 0 Å². The number of furan rings is 1. The molecule has 2 unspecified atom stereocenters. The molecule has 2 saturated heterocycles. The van der Waals surface area contributed by atoms with Crippen LogP contribution in [-0.2, 0) is 16.0 Å². The van der Waals surface area contributed by atoms with Crippen molar-refractivity contribution < 1.29 is 14.0 Å². The Balaban J connectivity index is 1.64. The maximum atomic E-state index is 12.6. The Morgan fingerprint density at radius 3 is 3.00 bits per heavy atom. The van der Waals surface area contributed by atoms with Gasteiger partial charge in [0.25, 0.3) is 0 Å². The molecule has 2 atom stereocenters. The van der Waals surface area contributed by atoms with Crippen LogP contribution in [0.4, 0.5) is 0 Å². The van der Waals surface area contributed by atoms with Gasteiger partial charge in [-0.3, -0.25) is 9.59 Å². The van der Waals surface area contributed by atoms with Crippen molar-refractivity contribution in [2.45, 2.75) is 51.1 Å². The van der Waals surface area contributed by atoms with E-state index in [-0.39, 0.29) is 30.4 Å². The monoisotopic (exact) mass is 290 g/mol. The predicted octanol–water partition coefficient (Wildman–Crippen LogP) is 1.82. The molecular weight excluding hydrogens is 268 g/mol. The standard InChI is InChI=1S/C16H22N2O3/c1-12(7-8-13-5-4-10-21-13)18-11-15(19)17-9-3-2-6-14(17)16(18)20/h4-5,10,12,14H,2-3,6-9,11H2,1H3. The summed E-state index contributed by atoms with van der Waals surface area (Å²) in [6.45, 7) is 2.99. The van der Waals surface area contributed by atoms with E-state index in [0.29, 0.717) is 0 Å². The highest BCUT2D eigenvalue weighted by molar-refractivity contribution is 5.95. The van der Waals surface area contributed by atoms with Crippen molar-refractivity contribution in [2.24, 2.45) is 0 Å². The van der Waals surface area contributed by atoms with E-state index in [1.165, 1.54) is 0 Å². The van der Waals surface area contributed by atoms with Crippen LogP contribution in [0, 0.1) is 0 Å². The van der Waals surface area contributed by atoms with Crippen molar-refractivity contribution in [3.05, 3.63) is 24.2 Å². The third kappa shape index (κ3) is 2.82. The third-order valence-electron chi connectivity index (χ3n) is 4.62. The molecule has 5 heteroatoms. The van der Waals surface area contributed by atoms with Crippen LogP contribution in [-0.4, -0.2) is 46.8 Å². The lowest BCUT2D eigenvalue weighted by molar-refractivity contribution is -0.159. The van der Waals surface area contributed by atoms with Crippen molar-refractivity contribution in [1.82, 2.24) is 9.80 Å². The number of piperazine rings is 1. The Hall–Kier alpha value is -1.78. The molecule has 0 spiro atoms. The molecule has 1 aromatic rings. The molecule has 5 nitrogen and oxygen atoms in total. The molecule has 2 amide bonds. The fourth-order valence-electron chi connectivity index (χ4n) is 3.33. The second kappa shape index (κ2) is 5.92. The van der Waals surface area contributed by atoms with Gasteiger partial charge in [0.15, 0.2) is 0 Å². The highest BCUT2D eigenvalue weighted by Gasteiger charge is 2.41. The second-order valence-electron chi connectivity index (χ2n) is 6.03. The minimum atomic E-state index is -0.217. The first kappa shape index (κ1) is 14.2. The molecule has 1 aromatic heterocycles. The SMILES string of the molecule is CC(CCc1ccco1)N1CC(=O)N2CCCCC2C1=O. The highest BCUT2D eigenvalue weighted by Crippen LogP contribution is 2.25. The van der Waals surface area contributed by atoms with Gasteiger partial charge >= 0.3 is 0 Å². The summed E-state index contributed by atoms with van der Waals surface area (Å²) >= 11 is 0. The number of hydrogen-bond donors (Lipinski definition) is 0. The lowest BCUT2D eigenvalue weighted by atomic mass is 9.97. The molecule has 114 valence electrons. The third-order valence-corrected chi connectivity index (χ3v) is 4.62. The van der Waals surface area contributed by atoms with Crippen LogP contribution >= 0.6 is 0 Å². The van der Waals surface area contributed by atoms with Gasteiger partial charge in [-0.25, -0.2) is 0 Å². The Morgan fingerprint density at radius 1 is 1.38 bits per heavy atom. The summed E-state index contributed by atoms with van der Waals surface area (Å²) in [5.41, 5.74) is 0. The fourth-order valence-corrected chi connectivity index (χ4v) is 3.33. The molecule has 0 saturated carbocycles. The van der Waals surface area contributed by atoms with Gasteiger partial charge in [0.1, 0.15) is 18.3 Å². The van der Waals surface area contributed by atoms with Gasteiger partial charge in [-0.2, -0.15) is 0 Å². The van der Waals surface area contributed by atoms with Crippen molar-refractivity contribution in [2.75, 3.05) is 13.1 Å². The van der Waals surface area contributed by atoms with E-state index in [1.54, 1.807) is 16.1 Å². The van der Waals surface area contributed by atoms with E-state index in [1.807, 2.05) is 19.1 Å². The van der Waals surface area contributed by atoms with Crippen LogP contribution in [0.15, 0.2) is 22.8 Å². The van der Waals surface area contributed by atoms with Crippen molar-refractivity contribution in [3.63, 3.8) is 0 Å². The molecule has 0 radical (unpaired) electrons. The molecule has 21 heavy (non-hydrogen) atoms. The minimum Gasteiger partial charge on any atom is -0.469 e. The molecular formula is C16H22N2O3. The molecule has 3 heterocycles. The number of aryl methyl sites for hydroxylation is 1. The van der Waals surface area contributed by atoms with E-state index in [0.717, 1.165) is 44.4 Å². The minimum absolute atomic E-state index is 0.0654. The Morgan fingerprint density at radius 2 is 2.24 bits per heavy atom. The van der Waals surface area contributed by atoms with Crippen LogP contribution < -0.4 is 0 Å². The quantitative estimate of drug-likeness (QED) is 0.850. The molecule has 0 aromatic carbocycles. The van der Waals surface area contributed by atoms with E-state index >= 15 is 0 Å². The first-order chi connectivity index (χ1) is 10.2. The van der Waals surface area contributed by atoms with E-state index in [9.17, 15) is 9.59 Å². The van der Waals surface area contributed by atoms with E-state index in [2.05, 4.69) is 0 Å². The smallest absolute Gasteiger partial charge is 0.246 e. The number of nitrogens with zero attached hydrogens (tertiary/aromatic N) is 2. The zero-order chi connectivity index (χ0) is 14.8. The fraction of sp³-hybridized carbons (Fsp3) is 0.625. The number of carbonyl (C=O) groups excluding carboxylic acids is 2. The number of fused-ring (bicyclic) bond motifs is 1. The Bertz CT molecular complexity index is 512. The summed E-state index contributed by atoms with van der Waals surface area (Å²) in [5.74, 6) is 1.15. The first-order valence-corrected chi connectivity index (χ1v) is 7.79. The number of amides is 2. The van der Waals surface area contributed by atoms with Crippen LogP contribution in [0.25, 0.3) is 0 Å². The summed E-state index contributed by atoms with van der Waals surface area (Å²) in [6.07, 6.45) is 6.14. The number of rotatable bonds is 4. The molecule has 0 N–H and O–H groups in total. The van der Waals surface area contributed by atoms with Gasteiger partial charge in [-0.05, 0) is 44.7 Å². The largest absolute Gasteiger partial charge is 0.469 e. The van der Waals surface area contributed by atoms with Gasteiger partial charge in [-0.15, -0.1) is 0 Å². The topological polar surface area (TPSA) is 53.8 Å². The lowest BCUT2D eigenvalue weighted by Crippen LogP contribution is -2.62. The van der Waals surface area contributed by atoms with Crippen LogP contribution in [0.1, 0.15) is 38.4 Å². The average molecular weight is 290 g/mol. The molecule has 2 aliphatic heterocycles. The summed E-state index contributed by atoms with van der Waals surface area (Å²) in [7, 11) is 0. The highest BCUT2D eigenvalue weighted by atomic mass is 16.3. The maximum Gasteiger partial charge on any atom is 0.246 e. The van der Waals surface area contributed by atoms with Crippen LogP contribution in [0.3, 0.4) is 0 Å². The van der Waals surface area contributed by atoms with E-state index in [4.69, 9.17) is 4.42 Å². The molecule has 0 aliphatic carbocycles. The Labute approximate surface area is 124 Å². The van der Waals surface area contributed by atoms with Gasteiger partial charge in [0.05, 0.1) is 6.26 Å². The first-order valence-electron chi connectivity index (χ1n) is 7.79. The summed E-state index contributed by atoms with van der Waals surface area (Å²) in [5, 5.41) is 0.